The van der Waals surface area contributed by atoms with Crippen LogP contribution < -0.4 is 19.3 Å². The number of aryl methyl sites for hydroxylation is 12. The zero-order chi connectivity index (χ0) is 89.7. The van der Waals surface area contributed by atoms with Crippen molar-refractivity contribution in [2.24, 2.45) is 0 Å². The van der Waals surface area contributed by atoms with E-state index in [2.05, 4.69) is 448 Å². The topological polar surface area (TPSA) is 24.9 Å². The Bertz CT molecular complexity index is 6450. The first kappa shape index (κ1) is 87.4. The van der Waals surface area contributed by atoms with E-state index < -0.39 is 16.2 Å². The number of hydrogen-bond donors (Lipinski definition) is 0. The molecule has 650 valence electrons. The van der Waals surface area contributed by atoms with Crippen LogP contribution in [0.3, 0.4) is 0 Å². The SMILES string of the molecule is C.CCCCc1ccc(N2c3ccc(C)cc3C(c3ccc(C)cc3)(c3ccc(C)cc3)c3cc4c(cc32)C(C)(C)c2cc3c(cc2-4)C(c2ccc(C)cc2)(c2ccc(C)cc2)c2cc(C)ccc2N3c2ccc(CCCC)cc2)cc1.COc1ccc(C2(c3ccc(OC)cc3)c3cc(C)ccc3-c3ccc(C)cc32)cc1.Cc1ccc2c(c1)C(C)(C)c1cc(C)ccc1-2. The number of rotatable bonds is 16. The highest BCUT2D eigenvalue weighted by Gasteiger charge is 2.53. The van der Waals surface area contributed by atoms with E-state index in [0.717, 1.165) is 24.3 Å². The summed E-state index contributed by atoms with van der Waals surface area (Å²) in [7, 11) is 3.42. The molecule has 21 rings (SSSR count). The predicted octanol–water partition coefficient (Wildman–Crippen LogP) is 32.8. The summed E-state index contributed by atoms with van der Waals surface area (Å²) < 4.78 is 10.9. The van der Waals surface area contributed by atoms with Gasteiger partial charge in [-0.2, -0.15) is 0 Å². The molecular formula is C126H124N2O2. The fourth-order valence-electron chi connectivity index (χ4n) is 22.3. The van der Waals surface area contributed by atoms with Gasteiger partial charge in [-0.15, -0.1) is 0 Å². The zero-order valence-corrected chi connectivity index (χ0v) is 78.6. The van der Waals surface area contributed by atoms with E-state index >= 15 is 0 Å². The third-order valence-electron chi connectivity index (χ3n) is 29.2. The Kier molecular flexibility index (Phi) is 23.1. The molecule has 4 heteroatoms. The van der Waals surface area contributed by atoms with Gasteiger partial charge in [-0.3, -0.25) is 0 Å². The number of nitrogens with zero attached hydrogens (tertiary/aromatic N) is 2. The van der Waals surface area contributed by atoms with Gasteiger partial charge in [-0.25, -0.2) is 0 Å². The number of methoxy groups -OCH3 is 2. The lowest BCUT2D eigenvalue weighted by atomic mass is 9.61. The first-order chi connectivity index (χ1) is 62.3. The van der Waals surface area contributed by atoms with E-state index in [9.17, 15) is 0 Å². The molecule has 0 bridgehead atoms. The van der Waals surface area contributed by atoms with Crippen LogP contribution in [0.25, 0.3) is 33.4 Å². The van der Waals surface area contributed by atoms with Crippen molar-refractivity contribution in [3.8, 4) is 44.9 Å². The standard InChI is InChI=1S/C79H76N2.C29H26O2.C17H18.CH4/c1-11-13-15-57-27-39-63(40-28-57)80-73-43-25-55(7)45-69(73)78(59-31-17-51(3)18-32-59,60-33-19-52(4)20-34-60)71-47-65-66-48-72-76(50-68(66)77(9,10)67(65)49-75(71)80)81(64-41-29-58(30-42-64)16-14-12-2)74-44-26-56(8)46-70(74)79(72,61-35-21-53(5)22-36-61)62-37-23-54(6)24-38-62;1-19-5-15-25-26-16-6-20(2)18-28(26)29(27(25)17-19,21-7-11-23(30-3)12-8-21)22-9-13-24(31-4)14-10-22;1-11-5-7-13-14-8-6-12(2)10-16(14)17(3,4)15(13)9-11;/h17-50H,11-16H2,1-10H3;5-18H,1-4H3;5-10H,1-4H3;1H4. The molecule has 0 amide bonds. The molecule has 0 spiro atoms. The average Bonchev–Trinajstić information content (AvgIpc) is 1.29. The molecule has 0 saturated carbocycles. The Balaban J connectivity index is 0.000000187. The fraction of sp³-hybridized carbons (Fsp3) is 0.238. The third-order valence-corrected chi connectivity index (χ3v) is 29.2. The molecule has 0 saturated heterocycles. The van der Waals surface area contributed by atoms with Crippen LogP contribution in [-0.2, 0) is 39.9 Å². The molecule has 130 heavy (non-hydrogen) atoms. The highest BCUT2D eigenvalue weighted by molar-refractivity contribution is 5.98. The van der Waals surface area contributed by atoms with E-state index in [0.29, 0.717) is 0 Å². The number of anilines is 6. The van der Waals surface area contributed by atoms with E-state index in [1.54, 1.807) is 14.2 Å². The molecule has 16 aromatic carbocycles. The van der Waals surface area contributed by atoms with Crippen LogP contribution in [0.2, 0.25) is 0 Å². The van der Waals surface area contributed by atoms with Crippen molar-refractivity contribution in [1.82, 2.24) is 0 Å². The minimum atomic E-state index is -0.671. The van der Waals surface area contributed by atoms with Crippen LogP contribution in [0.5, 0.6) is 11.5 Å². The van der Waals surface area contributed by atoms with Gasteiger partial charge in [0.15, 0.2) is 0 Å². The number of unbranched alkanes of at least 4 members (excludes halogenated alkanes) is 2. The summed E-state index contributed by atoms with van der Waals surface area (Å²) in [6.45, 7) is 36.3. The lowest BCUT2D eigenvalue weighted by Crippen LogP contribution is -2.38. The molecular weight excluding hydrogens is 1570 g/mol. The van der Waals surface area contributed by atoms with Gasteiger partial charge in [-0.05, 0) is 313 Å². The molecule has 2 heterocycles. The second-order valence-electron chi connectivity index (χ2n) is 38.7. The number of fused-ring (bicyclic) bond motifs is 13. The van der Waals surface area contributed by atoms with Crippen molar-refractivity contribution in [2.45, 2.75) is 184 Å². The molecule has 0 radical (unpaired) electrons. The third kappa shape index (κ3) is 14.4. The van der Waals surface area contributed by atoms with Gasteiger partial charge in [0, 0.05) is 22.2 Å². The summed E-state index contributed by atoms with van der Waals surface area (Å²) >= 11 is 0. The van der Waals surface area contributed by atoms with Crippen LogP contribution in [0.4, 0.5) is 34.1 Å². The lowest BCUT2D eigenvalue weighted by Gasteiger charge is -2.47. The maximum atomic E-state index is 5.46. The van der Waals surface area contributed by atoms with Crippen molar-refractivity contribution in [3.63, 3.8) is 0 Å². The molecule has 0 fully saturated rings. The lowest BCUT2D eigenvalue weighted by molar-refractivity contribution is 0.414. The van der Waals surface area contributed by atoms with Crippen LogP contribution in [0, 0.1) is 69.2 Å². The molecule has 0 unspecified atom stereocenters. The molecule has 4 nitrogen and oxygen atoms in total. The van der Waals surface area contributed by atoms with Gasteiger partial charge < -0.3 is 19.3 Å². The normalized spacial score (nSPS) is 14.5. The predicted molar refractivity (Wildman–Crippen MR) is 549 cm³/mol. The summed E-state index contributed by atoms with van der Waals surface area (Å²) in [6.07, 6.45) is 6.88. The largest absolute Gasteiger partial charge is 0.497 e. The van der Waals surface area contributed by atoms with E-state index in [1.807, 2.05) is 0 Å². The average molecular weight is 1700 g/mol. The van der Waals surface area contributed by atoms with E-state index in [1.165, 1.54) is 249 Å². The van der Waals surface area contributed by atoms with Gasteiger partial charge in [0.25, 0.3) is 0 Å². The fourth-order valence-corrected chi connectivity index (χ4v) is 22.3. The van der Waals surface area contributed by atoms with Gasteiger partial charge in [0.1, 0.15) is 11.5 Å². The van der Waals surface area contributed by atoms with Crippen molar-refractivity contribution in [1.29, 1.82) is 0 Å². The Labute approximate surface area is 774 Å². The monoisotopic (exact) mass is 1700 g/mol. The van der Waals surface area contributed by atoms with Crippen LogP contribution in [0.1, 0.15) is 230 Å². The maximum Gasteiger partial charge on any atom is 0.118 e. The second kappa shape index (κ2) is 34.3. The van der Waals surface area contributed by atoms with Gasteiger partial charge in [0.2, 0.25) is 0 Å². The summed E-state index contributed by atoms with van der Waals surface area (Å²) in [4.78, 5) is 5.20. The Morgan fingerprint density at radius 1 is 0.223 bits per heavy atom. The summed E-state index contributed by atoms with van der Waals surface area (Å²) in [6, 6.07) is 126. The van der Waals surface area contributed by atoms with Gasteiger partial charge >= 0.3 is 0 Å². The highest BCUT2D eigenvalue weighted by atomic mass is 16.5. The van der Waals surface area contributed by atoms with Crippen LogP contribution in [-0.4, -0.2) is 14.2 Å². The number of benzene rings is 16. The van der Waals surface area contributed by atoms with Crippen molar-refractivity contribution in [3.05, 3.63) is 483 Å². The van der Waals surface area contributed by atoms with Crippen LogP contribution >= 0.6 is 0 Å². The summed E-state index contributed by atoms with van der Waals surface area (Å²) in [5.74, 6) is 1.72. The maximum absolute atomic E-state index is 5.46. The first-order valence-electron chi connectivity index (χ1n) is 46.7. The number of hydrogen-bond acceptors (Lipinski definition) is 4. The Morgan fingerprint density at radius 2 is 0.454 bits per heavy atom. The first-order valence-corrected chi connectivity index (χ1v) is 46.7. The minimum Gasteiger partial charge on any atom is -0.497 e. The summed E-state index contributed by atoms with van der Waals surface area (Å²) in [5, 5.41) is 0. The smallest absolute Gasteiger partial charge is 0.118 e. The zero-order valence-electron chi connectivity index (χ0n) is 78.6. The van der Waals surface area contributed by atoms with Crippen molar-refractivity contribution >= 4 is 34.1 Å². The van der Waals surface area contributed by atoms with Gasteiger partial charge in [-0.1, -0.05) is 360 Å². The quantitative estimate of drug-likeness (QED) is 0.0963. The van der Waals surface area contributed by atoms with Crippen molar-refractivity contribution < 1.29 is 9.47 Å². The second-order valence-corrected chi connectivity index (χ2v) is 38.7. The molecule has 0 atom stereocenters. The highest BCUT2D eigenvalue weighted by Crippen LogP contribution is 2.66. The van der Waals surface area contributed by atoms with E-state index in [4.69, 9.17) is 9.47 Å². The Hall–Kier alpha value is -13.3. The summed E-state index contributed by atoms with van der Waals surface area (Å²) in [5.41, 5.74) is 49.7. The molecule has 5 aliphatic rings. The minimum absolute atomic E-state index is 0. The van der Waals surface area contributed by atoms with Crippen LogP contribution in [0.15, 0.2) is 328 Å². The van der Waals surface area contributed by atoms with E-state index in [-0.39, 0.29) is 18.3 Å². The van der Waals surface area contributed by atoms with Gasteiger partial charge in [0.05, 0.1) is 53.2 Å². The Morgan fingerprint density at radius 3 is 0.738 bits per heavy atom. The molecule has 0 aromatic heterocycles. The molecule has 0 N–H and O–H groups in total. The molecule has 16 aromatic rings. The molecule has 2 aliphatic heterocycles. The van der Waals surface area contributed by atoms with Crippen molar-refractivity contribution in [2.75, 3.05) is 24.0 Å². The molecule has 3 aliphatic carbocycles. The number of ether oxygens (including phenoxy) is 2.